The lowest BCUT2D eigenvalue weighted by Gasteiger charge is -2.11. The zero-order valence-electron chi connectivity index (χ0n) is 11.7. The van der Waals surface area contributed by atoms with E-state index < -0.39 is 0 Å². The number of esters is 1. The molecule has 1 atom stereocenters. The van der Waals surface area contributed by atoms with Crippen LogP contribution in [0.5, 0.6) is 5.75 Å². The smallest absolute Gasteiger partial charge is 0.309 e. The van der Waals surface area contributed by atoms with E-state index >= 15 is 0 Å². The first-order valence-corrected chi connectivity index (χ1v) is 6.76. The Kier molecular flexibility index (Phi) is 6.79. The number of nitrogens with two attached hydrogens (primary N) is 1. The van der Waals surface area contributed by atoms with E-state index in [-0.39, 0.29) is 19.0 Å². The number of hydrogen-bond donors (Lipinski definition) is 1. The number of ether oxygens (including phenoxy) is 2. The van der Waals surface area contributed by atoms with Crippen LogP contribution >= 0.6 is 0 Å². The predicted molar refractivity (Wildman–Crippen MR) is 76.0 cm³/mol. The molecular weight excluding hydrogens is 242 g/mol. The van der Waals surface area contributed by atoms with Crippen LogP contribution in [-0.4, -0.2) is 19.2 Å². The first kappa shape index (κ1) is 15.3. The molecule has 1 aromatic carbocycles. The van der Waals surface area contributed by atoms with Crippen molar-refractivity contribution in [2.24, 2.45) is 5.92 Å². The van der Waals surface area contributed by atoms with Crippen molar-refractivity contribution in [1.82, 2.24) is 0 Å². The molecule has 19 heavy (non-hydrogen) atoms. The van der Waals surface area contributed by atoms with Gasteiger partial charge in [0, 0.05) is 0 Å². The van der Waals surface area contributed by atoms with E-state index in [2.05, 4.69) is 13.8 Å². The van der Waals surface area contributed by atoms with Crippen molar-refractivity contribution < 1.29 is 14.3 Å². The molecule has 0 aliphatic carbocycles. The van der Waals surface area contributed by atoms with Crippen LogP contribution < -0.4 is 10.5 Å². The number of carbonyl (C=O) groups is 1. The van der Waals surface area contributed by atoms with Crippen molar-refractivity contribution in [2.45, 2.75) is 33.1 Å². The highest BCUT2D eigenvalue weighted by molar-refractivity contribution is 5.69. The third-order valence-corrected chi connectivity index (χ3v) is 2.79. The number of benzene rings is 1. The minimum Gasteiger partial charge on any atom is -0.491 e. The molecule has 0 radical (unpaired) electrons. The Morgan fingerprint density at radius 3 is 2.79 bits per heavy atom. The van der Waals surface area contributed by atoms with Crippen LogP contribution in [0.25, 0.3) is 0 Å². The topological polar surface area (TPSA) is 61.5 Å². The summed E-state index contributed by atoms with van der Waals surface area (Å²) in [5, 5.41) is 0. The molecule has 2 N–H and O–H groups in total. The molecule has 0 heterocycles. The van der Waals surface area contributed by atoms with Crippen molar-refractivity contribution in [2.75, 3.05) is 18.9 Å². The fraction of sp³-hybridized carbons (Fsp3) is 0.533. The van der Waals surface area contributed by atoms with Gasteiger partial charge in [-0.15, -0.1) is 0 Å². The quantitative estimate of drug-likeness (QED) is 0.579. The molecule has 4 nitrogen and oxygen atoms in total. The standard InChI is InChI=1S/C15H23NO3/c1-3-6-12(2)11-19-15(17)9-10-18-14-8-5-4-7-13(14)16/h4-5,7-8,12H,3,6,9-11,16H2,1-2H3. The van der Waals surface area contributed by atoms with E-state index in [1.165, 1.54) is 0 Å². The van der Waals surface area contributed by atoms with Gasteiger partial charge in [0.25, 0.3) is 0 Å². The molecule has 0 aromatic heterocycles. The highest BCUT2D eigenvalue weighted by Gasteiger charge is 2.07. The van der Waals surface area contributed by atoms with Gasteiger partial charge in [-0.25, -0.2) is 0 Å². The average molecular weight is 265 g/mol. The zero-order valence-corrected chi connectivity index (χ0v) is 11.7. The van der Waals surface area contributed by atoms with Gasteiger partial charge in [0.15, 0.2) is 0 Å². The van der Waals surface area contributed by atoms with Crippen LogP contribution in [0, 0.1) is 5.92 Å². The number of hydrogen-bond acceptors (Lipinski definition) is 4. The van der Waals surface area contributed by atoms with Gasteiger partial charge in [-0.05, 0) is 24.5 Å². The van der Waals surface area contributed by atoms with Crippen molar-refractivity contribution in [1.29, 1.82) is 0 Å². The summed E-state index contributed by atoms with van der Waals surface area (Å²) < 4.78 is 10.6. The molecular formula is C15H23NO3. The average Bonchev–Trinajstić information content (AvgIpc) is 2.39. The van der Waals surface area contributed by atoms with Gasteiger partial charge in [-0.2, -0.15) is 0 Å². The molecule has 0 fully saturated rings. The van der Waals surface area contributed by atoms with E-state index in [0.717, 1.165) is 12.8 Å². The number of carbonyl (C=O) groups excluding carboxylic acids is 1. The Labute approximate surface area is 114 Å². The molecule has 1 rings (SSSR count). The highest BCUT2D eigenvalue weighted by Crippen LogP contribution is 2.19. The Balaban J connectivity index is 2.19. The second-order valence-corrected chi connectivity index (χ2v) is 4.71. The van der Waals surface area contributed by atoms with Crippen molar-refractivity contribution in [3.8, 4) is 5.75 Å². The van der Waals surface area contributed by atoms with Gasteiger partial charge in [0.2, 0.25) is 0 Å². The molecule has 1 aromatic rings. The molecule has 0 amide bonds. The normalized spacial score (nSPS) is 11.9. The van der Waals surface area contributed by atoms with E-state index in [9.17, 15) is 4.79 Å². The summed E-state index contributed by atoms with van der Waals surface area (Å²) in [5.41, 5.74) is 6.30. The van der Waals surface area contributed by atoms with E-state index in [1.54, 1.807) is 12.1 Å². The predicted octanol–water partition coefficient (Wildman–Crippen LogP) is 3.02. The Bertz CT molecular complexity index is 393. The highest BCUT2D eigenvalue weighted by atomic mass is 16.5. The lowest BCUT2D eigenvalue weighted by molar-refractivity contribution is -0.145. The summed E-state index contributed by atoms with van der Waals surface area (Å²) in [4.78, 5) is 11.5. The van der Waals surface area contributed by atoms with Gasteiger partial charge in [0.05, 0.1) is 25.3 Å². The first-order chi connectivity index (χ1) is 9.13. The number of nitrogen functional groups attached to an aromatic ring is 1. The van der Waals surface area contributed by atoms with Gasteiger partial charge in [-0.1, -0.05) is 32.4 Å². The molecule has 0 spiro atoms. The van der Waals surface area contributed by atoms with Crippen LogP contribution in [0.2, 0.25) is 0 Å². The number of para-hydroxylation sites is 2. The van der Waals surface area contributed by atoms with Gasteiger partial charge >= 0.3 is 5.97 Å². The maximum absolute atomic E-state index is 11.5. The molecule has 0 aliphatic rings. The minimum atomic E-state index is -0.225. The van der Waals surface area contributed by atoms with E-state index in [1.807, 2.05) is 12.1 Å². The van der Waals surface area contributed by atoms with Crippen LogP contribution in [0.1, 0.15) is 33.1 Å². The maximum Gasteiger partial charge on any atom is 0.309 e. The summed E-state index contributed by atoms with van der Waals surface area (Å²) in [6, 6.07) is 7.23. The van der Waals surface area contributed by atoms with Crippen molar-refractivity contribution in [3.05, 3.63) is 24.3 Å². The van der Waals surface area contributed by atoms with Crippen LogP contribution in [0.3, 0.4) is 0 Å². The van der Waals surface area contributed by atoms with Crippen molar-refractivity contribution >= 4 is 11.7 Å². The van der Waals surface area contributed by atoms with E-state index in [4.69, 9.17) is 15.2 Å². The van der Waals surface area contributed by atoms with Gasteiger partial charge in [-0.3, -0.25) is 4.79 Å². The number of rotatable bonds is 8. The van der Waals surface area contributed by atoms with E-state index in [0.29, 0.717) is 24.0 Å². The summed E-state index contributed by atoms with van der Waals surface area (Å²) in [5.74, 6) is 0.798. The second-order valence-electron chi connectivity index (χ2n) is 4.71. The summed E-state index contributed by atoms with van der Waals surface area (Å²) in [7, 11) is 0. The lowest BCUT2D eigenvalue weighted by atomic mass is 10.1. The van der Waals surface area contributed by atoms with Gasteiger partial charge < -0.3 is 15.2 Å². The first-order valence-electron chi connectivity index (χ1n) is 6.76. The Morgan fingerprint density at radius 2 is 2.11 bits per heavy atom. The molecule has 0 bridgehead atoms. The fourth-order valence-corrected chi connectivity index (χ4v) is 1.74. The molecule has 0 saturated carbocycles. The molecule has 4 heteroatoms. The zero-order chi connectivity index (χ0) is 14.1. The summed E-state index contributed by atoms with van der Waals surface area (Å²) in [6.45, 7) is 4.98. The minimum absolute atomic E-state index is 0.225. The van der Waals surface area contributed by atoms with Crippen LogP contribution in [0.4, 0.5) is 5.69 Å². The van der Waals surface area contributed by atoms with Crippen LogP contribution in [-0.2, 0) is 9.53 Å². The monoisotopic (exact) mass is 265 g/mol. The number of anilines is 1. The fourth-order valence-electron chi connectivity index (χ4n) is 1.74. The third-order valence-electron chi connectivity index (χ3n) is 2.79. The summed E-state index contributed by atoms with van der Waals surface area (Å²) in [6.07, 6.45) is 2.42. The largest absolute Gasteiger partial charge is 0.491 e. The maximum atomic E-state index is 11.5. The third kappa shape index (κ3) is 6.13. The molecule has 106 valence electrons. The Hall–Kier alpha value is -1.71. The Morgan fingerprint density at radius 1 is 1.37 bits per heavy atom. The second kappa shape index (κ2) is 8.40. The van der Waals surface area contributed by atoms with Gasteiger partial charge in [0.1, 0.15) is 5.75 Å². The SMILES string of the molecule is CCCC(C)COC(=O)CCOc1ccccc1N. The summed E-state index contributed by atoms with van der Waals surface area (Å²) >= 11 is 0. The lowest BCUT2D eigenvalue weighted by Crippen LogP contribution is -2.14. The molecule has 0 aliphatic heterocycles. The molecule has 0 saturated heterocycles. The van der Waals surface area contributed by atoms with Crippen LogP contribution in [0.15, 0.2) is 24.3 Å². The molecule has 1 unspecified atom stereocenters. The van der Waals surface area contributed by atoms with Crippen molar-refractivity contribution in [3.63, 3.8) is 0 Å².